The van der Waals surface area contributed by atoms with Crippen molar-refractivity contribution in [1.29, 1.82) is 0 Å². The zero-order valence-electron chi connectivity index (χ0n) is 9.98. The molecule has 1 heterocycles. The number of nitrogens with zero attached hydrogens (tertiary/aromatic N) is 1. The predicted molar refractivity (Wildman–Crippen MR) is 70.4 cm³/mol. The lowest BCUT2D eigenvalue weighted by atomic mass is 10.0. The highest BCUT2D eigenvalue weighted by atomic mass is 35.5. The van der Waals surface area contributed by atoms with E-state index < -0.39 is 11.8 Å². The van der Waals surface area contributed by atoms with Crippen molar-refractivity contribution in [2.45, 2.75) is 0 Å². The largest absolute Gasteiger partial charge is 0.465 e. The summed E-state index contributed by atoms with van der Waals surface area (Å²) in [5.41, 5.74) is 6.18. The predicted octanol–water partition coefficient (Wildman–Crippen LogP) is 2.91. The molecule has 0 amide bonds. The van der Waals surface area contributed by atoms with Crippen LogP contribution in [0, 0.1) is 5.82 Å². The van der Waals surface area contributed by atoms with Crippen LogP contribution in [-0.4, -0.2) is 18.1 Å². The molecule has 2 N–H and O–H groups in total. The number of rotatable bonds is 2. The van der Waals surface area contributed by atoms with Gasteiger partial charge in [0, 0.05) is 22.3 Å². The molecule has 2 rings (SSSR count). The molecule has 4 nitrogen and oxygen atoms in total. The Kier molecular flexibility index (Phi) is 3.66. The average Bonchev–Trinajstić information content (AvgIpc) is 2.38. The van der Waals surface area contributed by atoms with Gasteiger partial charge in [0.1, 0.15) is 11.6 Å². The van der Waals surface area contributed by atoms with Crippen LogP contribution in [0.2, 0.25) is 5.02 Å². The van der Waals surface area contributed by atoms with Gasteiger partial charge in [0.05, 0.1) is 12.7 Å². The zero-order valence-corrected chi connectivity index (χ0v) is 10.7. The maximum absolute atomic E-state index is 13.9. The van der Waals surface area contributed by atoms with E-state index in [-0.39, 0.29) is 22.0 Å². The maximum atomic E-state index is 13.9. The Morgan fingerprint density at radius 3 is 2.74 bits per heavy atom. The van der Waals surface area contributed by atoms with Gasteiger partial charge in [0.15, 0.2) is 0 Å². The first kappa shape index (κ1) is 13.3. The molecule has 0 spiro atoms. The van der Waals surface area contributed by atoms with Crippen molar-refractivity contribution in [3.8, 4) is 11.1 Å². The monoisotopic (exact) mass is 280 g/mol. The summed E-state index contributed by atoms with van der Waals surface area (Å²) in [5, 5.41) is 0.268. The quantitative estimate of drug-likeness (QED) is 0.859. The first-order valence-electron chi connectivity index (χ1n) is 5.32. The number of hydrogen-bond acceptors (Lipinski definition) is 4. The zero-order chi connectivity index (χ0) is 14.0. The number of anilines is 1. The number of nitrogen functional groups attached to an aromatic ring is 1. The fourth-order valence-corrected chi connectivity index (χ4v) is 1.83. The fourth-order valence-electron chi connectivity index (χ4n) is 1.67. The molecule has 0 atom stereocenters. The third-order valence-corrected chi connectivity index (χ3v) is 2.79. The Labute approximate surface area is 114 Å². The van der Waals surface area contributed by atoms with E-state index in [9.17, 15) is 9.18 Å². The molecule has 0 radical (unpaired) electrons. The van der Waals surface area contributed by atoms with Crippen LogP contribution < -0.4 is 5.73 Å². The second-order valence-corrected chi connectivity index (χ2v) is 4.21. The van der Waals surface area contributed by atoms with E-state index in [1.165, 1.54) is 31.5 Å². The van der Waals surface area contributed by atoms with Crippen LogP contribution in [0.5, 0.6) is 0 Å². The number of pyridine rings is 1. The van der Waals surface area contributed by atoms with E-state index in [1.54, 1.807) is 0 Å². The van der Waals surface area contributed by atoms with E-state index in [2.05, 4.69) is 9.72 Å². The van der Waals surface area contributed by atoms with Crippen LogP contribution in [0.25, 0.3) is 11.1 Å². The molecule has 0 saturated carbocycles. The summed E-state index contributed by atoms with van der Waals surface area (Å²) in [4.78, 5) is 15.6. The highest BCUT2D eigenvalue weighted by Crippen LogP contribution is 2.29. The number of carbonyl (C=O) groups excluding carboxylic acids is 1. The third-order valence-electron chi connectivity index (χ3n) is 2.55. The Bertz CT molecular complexity index is 647. The molecular weight excluding hydrogens is 271 g/mol. The summed E-state index contributed by atoms with van der Waals surface area (Å²) in [7, 11) is 1.24. The van der Waals surface area contributed by atoms with E-state index >= 15 is 0 Å². The number of esters is 1. The highest BCUT2D eigenvalue weighted by Gasteiger charge is 2.17. The first-order valence-corrected chi connectivity index (χ1v) is 5.70. The molecule has 0 aliphatic rings. The smallest absolute Gasteiger partial charge is 0.338 e. The summed E-state index contributed by atoms with van der Waals surface area (Å²) < 4.78 is 18.5. The lowest BCUT2D eigenvalue weighted by Gasteiger charge is -2.09. The number of hydrogen-bond donors (Lipinski definition) is 1. The van der Waals surface area contributed by atoms with Crippen molar-refractivity contribution in [1.82, 2.24) is 4.98 Å². The Balaban J connectivity index is 2.64. The number of halogens is 2. The molecule has 19 heavy (non-hydrogen) atoms. The van der Waals surface area contributed by atoms with Gasteiger partial charge >= 0.3 is 5.97 Å². The topological polar surface area (TPSA) is 65.2 Å². The lowest BCUT2D eigenvalue weighted by Crippen LogP contribution is -2.06. The van der Waals surface area contributed by atoms with Crippen molar-refractivity contribution in [3.63, 3.8) is 0 Å². The van der Waals surface area contributed by atoms with Crippen molar-refractivity contribution in [3.05, 3.63) is 46.9 Å². The standard InChI is InChI=1S/C13H10ClFN2O2/c1-19-13(18)9-5-12(16)17-6-10(9)8-3-2-7(14)4-11(8)15/h2-6H,1H3,(H2,16,17). The third kappa shape index (κ3) is 2.66. The summed E-state index contributed by atoms with van der Waals surface area (Å²) in [6.07, 6.45) is 1.33. The van der Waals surface area contributed by atoms with Gasteiger partial charge in [-0.1, -0.05) is 11.6 Å². The Hall–Kier alpha value is -2.14. The van der Waals surface area contributed by atoms with Crippen LogP contribution in [0.15, 0.2) is 30.5 Å². The van der Waals surface area contributed by atoms with Gasteiger partial charge in [-0.2, -0.15) is 0 Å². The van der Waals surface area contributed by atoms with Gasteiger partial charge in [0.2, 0.25) is 0 Å². The van der Waals surface area contributed by atoms with Crippen LogP contribution >= 0.6 is 11.6 Å². The Morgan fingerprint density at radius 2 is 2.11 bits per heavy atom. The second-order valence-electron chi connectivity index (χ2n) is 3.77. The summed E-state index contributed by atoms with van der Waals surface area (Å²) in [6, 6.07) is 5.50. The number of aromatic nitrogens is 1. The van der Waals surface area contributed by atoms with E-state index in [0.717, 1.165) is 6.07 Å². The molecule has 0 unspecified atom stereocenters. The first-order chi connectivity index (χ1) is 9.02. The van der Waals surface area contributed by atoms with Crippen molar-refractivity contribution in [2.24, 2.45) is 0 Å². The maximum Gasteiger partial charge on any atom is 0.338 e. The lowest BCUT2D eigenvalue weighted by molar-refractivity contribution is 0.0601. The molecule has 0 fully saturated rings. The molecule has 0 saturated heterocycles. The minimum absolute atomic E-state index is 0.149. The van der Waals surface area contributed by atoms with Crippen LogP contribution in [0.3, 0.4) is 0 Å². The molecule has 0 aliphatic carbocycles. The molecular formula is C13H10ClFN2O2. The minimum atomic E-state index is -0.613. The normalized spacial score (nSPS) is 10.3. The molecule has 0 bridgehead atoms. The number of ether oxygens (including phenoxy) is 1. The molecule has 0 aliphatic heterocycles. The fraction of sp³-hybridized carbons (Fsp3) is 0.0769. The van der Waals surface area contributed by atoms with Crippen LogP contribution in [0.4, 0.5) is 10.2 Å². The number of carbonyl (C=O) groups is 1. The van der Waals surface area contributed by atoms with Gasteiger partial charge < -0.3 is 10.5 Å². The SMILES string of the molecule is COC(=O)c1cc(N)ncc1-c1ccc(Cl)cc1F. The van der Waals surface area contributed by atoms with Gasteiger partial charge in [-0.15, -0.1) is 0 Å². The average molecular weight is 281 g/mol. The van der Waals surface area contributed by atoms with E-state index in [4.69, 9.17) is 17.3 Å². The van der Waals surface area contributed by atoms with Crippen molar-refractivity contribution >= 4 is 23.4 Å². The molecule has 2 aromatic rings. The van der Waals surface area contributed by atoms with Crippen LogP contribution in [-0.2, 0) is 4.74 Å². The van der Waals surface area contributed by atoms with Crippen molar-refractivity contribution in [2.75, 3.05) is 12.8 Å². The molecule has 1 aromatic carbocycles. The van der Waals surface area contributed by atoms with E-state index in [1.807, 2.05) is 0 Å². The number of nitrogens with two attached hydrogens (primary N) is 1. The van der Waals surface area contributed by atoms with Gasteiger partial charge in [0.25, 0.3) is 0 Å². The van der Waals surface area contributed by atoms with Gasteiger partial charge in [-0.05, 0) is 24.3 Å². The molecule has 1 aromatic heterocycles. The Morgan fingerprint density at radius 1 is 1.37 bits per heavy atom. The van der Waals surface area contributed by atoms with Gasteiger partial charge in [-0.25, -0.2) is 14.2 Å². The summed E-state index contributed by atoms with van der Waals surface area (Å²) >= 11 is 5.69. The highest BCUT2D eigenvalue weighted by molar-refractivity contribution is 6.30. The van der Waals surface area contributed by atoms with Gasteiger partial charge in [-0.3, -0.25) is 0 Å². The van der Waals surface area contributed by atoms with Crippen LogP contribution in [0.1, 0.15) is 10.4 Å². The second kappa shape index (κ2) is 5.24. The number of benzene rings is 1. The molecule has 6 heteroatoms. The van der Waals surface area contributed by atoms with E-state index in [0.29, 0.717) is 5.56 Å². The summed E-state index contributed by atoms with van der Waals surface area (Å²) in [5.74, 6) is -1.01. The van der Waals surface area contributed by atoms with Crippen molar-refractivity contribution < 1.29 is 13.9 Å². The minimum Gasteiger partial charge on any atom is -0.465 e. The molecule has 98 valence electrons. The summed E-state index contributed by atoms with van der Waals surface area (Å²) in [6.45, 7) is 0. The number of methoxy groups -OCH3 is 1.